The number of sulfonamides is 1. The third-order valence-electron chi connectivity index (χ3n) is 6.11. The van der Waals surface area contributed by atoms with Gasteiger partial charge in [0.15, 0.2) is 17.2 Å². The van der Waals surface area contributed by atoms with Crippen LogP contribution in [0.5, 0.6) is 0 Å². The van der Waals surface area contributed by atoms with Gasteiger partial charge in [-0.1, -0.05) is 11.6 Å². The van der Waals surface area contributed by atoms with Gasteiger partial charge in [0.2, 0.25) is 16.0 Å². The molecule has 1 saturated carbocycles. The molecule has 1 aromatic carbocycles. The lowest BCUT2D eigenvalue weighted by molar-refractivity contribution is 0.124. The average Bonchev–Trinajstić information content (AvgIpc) is 3.57. The molecule has 5 rings (SSSR count). The third kappa shape index (κ3) is 5.38. The van der Waals surface area contributed by atoms with Crippen LogP contribution in [0.15, 0.2) is 18.3 Å². The Hall–Kier alpha value is -3.69. The van der Waals surface area contributed by atoms with Gasteiger partial charge >= 0.3 is 0 Å². The first-order chi connectivity index (χ1) is 17.6. The first-order valence-electron chi connectivity index (χ1n) is 11.5. The highest BCUT2D eigenvalue weighted by molar-refractivity contribution is 7.88. The lowest BCUT2D eigenvalue weighted by Gasteiger charge is -2.37. The number of benzene rings is 1. The van der Waals surface area contributed by atoms with E-state index in [1.165, 1.54) is 10.7 Å². The second-order valence-corrected chi connectivity index (χ2v) is 11.2. The molecule has 0 amide bonds. The van der Waals surface area contributed by atoms with E-state index < -0.39 is 22.2 Å². The van der Waals surface area contributed by atoms with E-state index in [-0.39, 0.29) is 29.3 Å². The largest absolute Gasteiger partial charge is 0.390 e. The summed E-state index contributed by atoms with van der Waals surface area (Å²) >= 11 is 6.75. The summed E-state index contributed by atoms with van der Waals surface area (Å²) in [5.41, 5.74) is 1.82. The van der Waals surface area contributed by atoms with Crippen molar-refractivity contribution in [1.29, 1.82) is 10.5 Å². The van der Waals surface area contributed by atoms with Crippen molar-refractivity contribution >= 4 is 50.4 Å². The number of imidazole rings is 1. The SMILES string of the molecule is CS(=O)(=O)N[C@@H]1CCN(c2cc(C#N)cc(Nc3nc(NC4CC4)c4ncc(C#N)n4n3)c2Cl)C[C@@H]1O. The number of anilines is 4. The zero-order valence-corrected chi connectivity index (χ0v) is 21.3. The number of aliphatic hydroxyl groups excluding tert-OH is 1. The maximum absolute atomic E-state index is 11.6. The number of hydrogen-bond donors (Lipinski definition) is 4. The quantitative estimate of drug-likeness (QED) is 0.337. The van der Waals surface area contributed by atoms with Gasteiger partial charge in [-0.2, -0.15) is 20.0 Å². The van der Waals surface area contributed by atoms with Crippen molar-refractivity contribution in [3.8, 4) is 12.1 Å². The van der Waals surface area contributed by atoms with Gasteiger partial charge in [0.05, 0.1) is 52.6 Å². The molecule has 1 aliphatic heterocycles. The number of piperidine rings is 1. The standard InChI is InChI=1S/C22H23ClN10O3S/c1-37(35,36)31-15-4-5-32(11-18(15)34)17-7-12(8-24)6-16(19(17)23)28-22-29-20(27-13-2-3-13)21-26-10-14(9-25)33(21)30-22/h6-7,10,13,15,18,31,34H,2-5,11H2,1H3,(H2,27,28,29,30)/t15-,18+/m1/s1. The fourth-order valence-electron chi connectivity index (χ4n) is 4.21. The van der Waals surface area contributed by atoms with Crippen LogP contribution in [-0.4, -0.2) is 70.6 Å². The number of nitriles is 2. The molecule has 1 saturated heterocycles. The molecule has 3 heterocycles. The highest BCUT2D eigenvalue weighted by Gasteiger charge is 2.31. The van der Waals surface area contributed by atoms with Crippen LogP contribution >= 0.6 is 11.6 Å². The molecule has 2 fully saturated rings. The molecule has 2 aromatic heterocycles. The minimum atomic E-state index is -3.48. The van der Waals surface area contributed by atoms with Gasteiger partial charge in [-0.15, -0.1) is 5.10 Å². The van der Waals surface area contributed by atoms with E-state index in [0.717, 1.165) is 19.1 Å². The van der Waals surface area contributed by atoms with Crippen molar-refractivity contribution in [2.75, 3.05) is 34.9 Å². The molecule has 0 spiro atoms. The number of hydrogen-bond acceptors (Lipinski definition) is 11. The van der Waals surface area contributed by atoms with Crippen molar-refractivity contribution in [3.63, 3.8) is 0 Å². The van der Waals surface area contributed by atoms with E-state index in [1.807, 2.05) is 0 Å². The number of nitrogens with zero attached hydrogens (tertiary/aromatic N) is 7. The van der Waals surface area contributed by atoms with Crippen LogP contribution < -0.4 is 20.3 Å². The van der Waals surface area contributed by atoms with Gasteiger partial charge in [0, 0.05) is 19.1 Å². The van der Waals surface area contributed by atoms with Crippen LogP contribution in [-0.2, 0) is 10.0 Å². The summed E-state index contributed by atoms with van der Waals surface area (Å²) < 4.78 is 27.0. The summed E-state index contributed by atoms with van der Waals surface area (Å²) in [5, 5.41) is 40.7. The number of aromatic nitrogens is 4. The fourth-order valence-corrected chi connectivity index (χ4v) is 5.31. The maximum Gasteiger partial charge on any atom is 0.247 e. The Kier molecular flexibility index (Phi) is 6.51. The molecule has 1 aliphatic carbocycles. The smallest absolute Gasteiger partial charge is 0.247 e. The number of halogens is 1. The van der Waals surface area contributed by atoms with Crippen LogP contribution in [0.1, 0.15) is 30.5 Å². The Morgan fingerprint density at radius 2 is 2.00 bits per heavy atom. The zero-order valence-electron chi connectivity index (χ0n) is 19.7. The van der Waals surface area contributed by atoms with E-state index in [4.69, 9.17) is 11.6 Å². The van der Waals surface area contributed by atoms with Crippen molar-refractivity contribution in [1.82, 2.24) is 24.3 Å². The summed E-state index contributed by atoms with van der Waals surface area (Å²) in [5.74, 6) is 0.613. The Bertz CT molecular complexity index is 1560. The molecule has 37 heavy (non-hydrogen) atoms. The topological polar surface area (TPSA) is 184 Å². The predicted molar refractivity (Wildman–Crippen MR) is 136 cm³/mol. The van der Waals surface area contributed by atoms with Gasteiger partial charge in [0.25, 0.3) is 0 Å². The Morgan fingerprint density at radius 3 is 2.65 bits per heavy atom. The Balaban J connectivity index is 1.47. The number of β-amino-alcohol motifs (C(OH)–C–C–N with tert-alkyl or cyclic N) is 1. The van der Waals surface area contributed by atoms with Crippen molar-refractivity contribution in [2.24, 2.45) is 0 Å². The molecule has 2 atom stereocenters. The van der Waals surface area contributed by atoms with Gasteiger partial charge in [0.1, 0.15) is 6.07 Å². The minimum Gasteiger partial charge on any atom is -0.390 e. The van der Waals surface area contributed by atoms with E-state index in [1.54, 1.807) is 17.0 Å². The summed E-state index contributed by atoms with van der Waals surface area (Å²) in [6, 6.07) is 6.98. The van der Waals surface area contributed by atoms with Gasteiger partial charge in [-0.05, 0) is 31.4 Å². The highest BCUT2D eigenvalue weighted by atomic mass is 35.5. The predicted octanol–water partition coefficient (Wildman–Crippen LogP) is 1.33. The molecule has 2 aliphatic rings. The summed E-state index contributed by atoms with van der Waals surface area (Å²) in [4.78, 5) is 10.6. The van der Waals surface area contributed by atoms with Crippen molar-refractivity contribution < 1.29 is 13.5 Å². The molecule has 0 radical (unpaired) electrons. The lowest BCUT2D eigenvalue weighted by Crippen LogP contribution is -2.54. The fraction of sp³-hybridized carbons (Fsp3) is 0.409. The van der Waals surface area contributed by atoms with Gasteiger partial charge in [-0.25, -0.2) is 18.1 Å². The number of fused-ring (bicyclic) bond motifs is 1. The van der Waals surface area contributed by atoms with E-state index >= 15 is 0 Å². The summed E-state index contributed by atoms with van der Waals surface area (Å²) in [7, 11) is -3.48. The normalized spacial score (nSPS) is 19.9. The lowest BCUT2D eigenvalue weighted by atomic mass is 10.0. The molecular weight excluding hydrogens is 520 g/mol. The van der Waals surface area contributed by atoms with Gasteiger partial charge in [-0.3, -0.25) is 0 Å². The van der Waals surface area contributed by atoms with E-state index in [2.05, 4.69) is 42.6 Å². The Morgan fingerprint density at radius 1 is 1.22 bits per heavy atom. The number of rotatable bonds is 7. The van der Waals surface area contributed by atoms with Crippen molar-refractivity contribution in [3.05, 3.63) is 34.6 Å². The second kappa shape index (κ2) is 9.64. The van der Waals surface area contributed by atoms with E-state index in [9.17, 15) is 24.0 Å². The van der Waals surface area contributed by atoms with Crippen LogP contribution in [0.2, 0.25) is 5.02 Å². The zero-order chi connectivity index (χ0) is 26.3. The first-order valence-corrected chi connectivity index (χ1v) is 13.8. The average molecular weight is 543 g/mol. The molecule has 4 N–H and O–H groups in total. The van der Waals surface area contributed by atoms with E-state index in [0.29, 0.717) is 41.4 Å². The van der Waals surface area contributed by atoms with Gasteiger partial charge < -0.3 is 20.6 Å². The van der Waals surface area contributed by atoms with Crippen LogP contribution in [0.4, 0.5) is 23.1 Å². The number of aliphatic hydroxyl groups is 1. The first kappa shape index (κ1) is 25.0. The molecule has 13 nitrogen and oxygen atoms in total. The molecule has 0 bridgehead atoms. The molecular formula is C22H23ClN10O3S. The Labute approximate surface area is 217 Å². The van der Waals surface area contributed by atoms with Crippen LogP contribution in [0.3, 0.4) is 0 Å². The monoisotopic (exact) mass is 542 g/mol. The summed E-state index contributed by atoms with van der Waals surface area (Å²) in [6.45, 7) is 0.510. The molecule has 15 heteroatoms. The summed E-state index contributed by atoms with van der Waals surface area (Å²) in [6.07, 6.45) is 3.84. The second-order valence-electron chi connectivity index (χ2n) is 9.09. The molecule has 3 aromatic rings. The molecule has 0 unspecified atom stereocenters. The number of nitrogens with one attached hydrogen (secondary N) is 3. The molecule has 192 valence electrons. The van der Waals surface area contributed by atoms with Crippen molar-refractivity contribution in [2.45, 2.75) is 37.5 Å². The highest BCUT2D eigenvalue weighted by Crippen LogP contribution is 2.37. The minimum absolute atomic E-state index is 0.111. The van der Waals surface area contributed by atoms with Crippen LogP contribution in [0, 0.1) is 22.7 Å². The van der Waals surface area contributed by atoms with Crippen LogP contribution in [0.25, 0.3) is 5.65 Å². The maximum atomic E-state index is 11.6. The third-order valence-corrected chi connectivity index (χ3v) is 7.24.